The van der Waals surface area contributed by atoms with Gasteiger partial charge in [0, 0.05) is 55.3 Å². The summed E-state index contributed by atoms with van der Waals surface area (Å²) >= 11 is 0. The zero-order chi connectivity index (χ0) is 47.4. The molecule has 0 unspecified atom stereocenters. The second kappa shape index (κ2) is 19.1. The number of hydrogen-bond donors (Lipinski definition) is 2. The molecule has 0 aliphatic heterocycles. The van der Waals surface area contributed by atoms with E-state index in [1.807, 2.05) is 42.2 Å². The molecule has 0 bridgehead atoms. The molecule has 7 rings (SSSR count). The van der Waals surface area contributed by atoms with Gasteiger partial charge in [0.25, 0.3) is 5.91 Å². The van der Waals surface area contributed by atoms with Gasteiger partial charge in [0.2, 0.25) is 0 Å². The zero-order valence-electron chi connectivity index (χ0n) is 35.6. The van der Waals surface area contributed by atoms with Gasteiger partial charge in [-0.1, -0.05) is 0 Å². The van der Waals surface area contributed by atoms with E-state index >= 15 is 0 Å². The first-order valence-electron chi connectivity index (χ1n) is 19.4. The fraction of sp³-hybridized carbons (Fsp3) is 0.279. The number of amides is 1. The highest BCUT2D eigenvalue weighted by Crippen LogP contribution is 2.38. The van der Waals surface area contributed by atoms with Crippen LogP contribution in [-0.4, -0.2) is 92.1 Å². The monoisotopic (exact) mass is 909 g/mol. The van der Waals surface area contributed by atoms with Crippen LogP contribution in [0, 0.1) is 6.92 Å². The number of nitrogens with one attached hydrogen (secondary N) is 1. The summed E-state index contributed by atoms with van der Waals surface area (Å²) in [6.07, 6.45) is -9.68. The molecule has 1 amide bonds. The Morgan fingerprint density at radius 1 is 0.646 bits per heavy atom. The van der Waals surface area contributed by atoms with Crippen molar-refractivity contribution in [2.45, 2.75) is 45.0 Å². The summed E-state index contributed by atoms with van der Waals surface area (Å²) in [5.74, 6) is 5.10. The standard InChI is InChI=1S/C23H22F3N5O3.C20H19F3N4O4/c1-13-28-29-22(30(13)2)14-5-6-17-16(9-14)27-12-31(17)15-10-19(33-3)21(20(11-15)34-4)18(32)7-8-23(24,25)26;1-30-16-8-12(9-17(31-2)18(16)15(28)5-6-20(21,22)23)27-10-25-13-7-11(19(29)26-24)3-4-14(13)27/h5-6,9-12H,7-8H2,1-4H3;3-4,7-10H,5-6,24H2,1-2H3,(H,26,29). The first kappa shape index (κ1) is 47.0. The van der Waals surface area contributed by atoms with Crippen LogP contribution in [-0.2, 0) is 7.05 Å². The second-order valence-electron chi connectivity index (χ2n) is 14.3. The molecule has 4 aromatic carbocycles. The van der Waals surface area contributed by atoms with Gasteiger partial charge in [0.15, 0.2) is 17.4 Å². The molecule has 3 heterocycles. The molecular formula is C43H41F6N9O7. The molecule has 0 spiro atoms. The summed E-state index contributed by atoms with van der Waals surface area (Å²) < 4.78 is 102. The number of halogens is 6. The van der Waals surface area contributed by atoms with Crippen LogP contribution >= 0.6 is 0 Å². The molecule has 0 aliphatic rings. The molecule has 0 radical (unpaired) electrons. The van der Waals surface area contributed by atoms with Crippen molar-refractivity contribution in [1.82, 2.24) is 39.3 Å². The Kier molecular flexibility index (Phi) is 13.8. The van der Waals surface area contributed by atoms with E-state index in [1.54, 1.807) is 45.8 Å². The van der Waals surface area contributed by atoms with Crippen molar-refractivity contribution in [1.29, 1.82) is 0 Å². The quantitative estimate of drug-likeness (QED) is 0.0354. The predicted octanol–water partition coefficient (Wildman–Crippen LogP) is 7.84. The van der Waals surface area contributed by atoms with Gasteiger partial charge in [-0.25, -0.2) is 15.8 Å². The maximum Gasteiger partial charge on any atom is 0.389 e. The predicted molar refractivity (Wildman–Crippen MR) is 224 cm³/mol. The van der Waals surface area contributed by atoms with Crippen molar-refractivity contribution in [3.05, 3.63) is 95.8 Å². The number of hydrogen-bond acceptors (Lipinski definition) is 12. The van der Waals surface area contributed by atoms with Crippen molar-refractivity contribution in [3.63, 3.8) is 0 Å². The van der Waals surface area contributed by atoms with Crippen molar-refractivity contribution in [3.8, 4) is 45.8 Å². The van der Waals surface area contributed by atoms with E-state index < -0.39 is 55.5 Å². The number of rotatable bonds is 14. The van der Waals surface area contributed by atoms with Crippen LogP contribution in [0.1, 0.15) is 62.6 Å². The number of aromatic nitrogens is 7. The number of Topliss-reactive ketones (excluding diaryl/α,β-unsaturated/α-hetero) is 2. The molecular weight excluding hydrogens is 869 g/mol. The van der Waals surface area contributed by atoms with E-state index in [9.17, 15) is 40.7 Å². The summed E-state index contributed by atoms with van der Waals surface area (Å²) in [5.41, 5.74) is 6.79. The molecule has 3 N–H and O–H groups in total. The SMILES string of the molecule is COc1cc(-n2cnc3cc(-c4nnc(C)n4C)ccc32)cc(OC)c1C(=O)CCC(F)(F)F.COc1cc(-n2cnc3cc(C(=O)NN)ccc32)cc(OC)c1C(=O)CCC(F)(F)F. The molecule has 0 saturated carbocycles. The van der Waals surface area contributed by atoms with Gasteiger partial charge in [-0.15, -0.1) is 10.2 Å². The van der Waals surface area contributed by atoms with Gasteiger partial charge < -0.3 is 23.5 Å². The number of nitrogens with two attached hydrogens (primary N) is 1. The number of ketones is 2. The Bertz CT molecular complexity index is 2850. The highest BCUT2D eigenvalue weighted by molar-refractivity contribution is 6.03. The fourth-order valence-corrected chi connectivity index (χ4v) is 6.84. The van der Waals surface area contributed by atoms with Crippen molar-refractivity contribution in [2.24, 2.45) is 12.9 Å². The molecule has 0 fully saturated rings. The van der Waals surface area contributed by atoms with Crippen molar-refractivity contribution in [2.75, 3.05) is 28.4 Å². The smallest absolute Gasteiger partial charge is 0.389 e. The van der Waals surface area contributed by atoms with Gasteiger partial charge in [-0.05, 0) is 43.3 Å². The topological polar surface area (TPSA) is 193 Å². The summed E-state index contributed by atoms with van der Waals surface area (Å²) in [6, 6.07) is 16.6. The first-order valence-corrected chi connectivity index (χ1v) is 19.4. The lowest BCUT2D eigenvalue weighted by atomic mass is 10.0. The summed E-state index contributed by atoms with van der Waals surface area (Å²) in [4.78, 5) is 45.5. The minimum absolute atomic E-state index is 0.0256. The first-order chi connectivity index (χ1) is 30.8. The summed E-state index contributed by atoms with van der Waals surface area (Å²) in [6.45, 7) is 1.86. The van der Waals surface area contributed by atoms with E-state index in [-0.39, 0.29) is 34.1 Å². The van der Waals surface area contributed by atoms with Gasteiger partial charge in [-0.3, -0.25) is 28.9 Å². The summed E-state index contributed by atoms with van der Waals surface area (Å²) in [5, 5.41) is 8.28. The number of nitrogen functional groups attached to an aromatic ring is 1. The number of methoxy groups -OCH3 is 4. The third kappa shape index (κ3) is 10.3. The average Bonchev–Trinajstić information content (AvgIpc) is 4.01. The van der Waals surface area contributed by atoms with Gasteiger partial charge >= 0.3 is 12.4 Å². The Balaban J connectivity index is 0.000000216. The second-order valence-corrected chi connectivity index (χ2v) is 14.3. The largest absolute Gasteiger partial charge is 0.496 e. The molecule has 22 heteroatoms. The van der Waals surface area contributed by atoms with Crippen LogP contribution < -0.4 is 30.2 Å². The Labute approximate surface area is 365 Å². The van der Waals surface area contributed by atoms with E-state index in [0.717, 1.165) is 16.9 Å². The highest BCUT2D eigenvalue weighted by atomic mass is 19.4. The number of alkyl halides is 6. The number of fused-ring (bicyclic) bond motifs is 2. The number of carbonyl (C=O) groups is 3. The van der Waals surface area contributed by atoms with E-state index in [2.05, 4.69) is 20.2 Å². The molecule has 0 aliphatic carbocycles. The summed E-state index contributed by atoms with van der Waals surface area (Å²) in [7, 11) is 7.19. The number of imidazole rings is 2. The zero-order valence-corrected chi connectivity index (χ0v) is 35.6. The number of nitrogens with zero attached hydrogens (tertiary/aromatic N) is 7. The Morgan fingerprint density at radius 2 is 1.08 bits per heavy atom. The molecule has 16 nitrogen and oxygen atoms in total. The molecule has 0 saturated heterocycles. The molecule has 0 atom stereocenters. The van der Waals surface area contributed by atoms with E-state index in [0.29, 0.717) is 39.3 Å². The maximum atomic E-state index is 12.6. The highest BCUT2D eigenvalue weighted by Gasteiger charge is 2.32. The normalized spacial score (nSPS) is 11.6. The van der Waals surface area contributed by atoms with E-state index in [4.69, 9.17) is 24.8 Å². The van der Waals surface area contributed by atoms with Crippen LogP contribution in [0.15, 0.2) is 73.3 Å². The van der Waals surface area contributed by atoms with E-state index in [1.165, 1.54) is 46.9 Å². The number of ether oxygens (including phenoxy) is 4. The van der Waals surface area contributed by atoms with Crippen molar-refractivity contribution >= 4 is 39.5 Å². The molecule has 7 aromatic rings. The van der Waals surface area contributed by atoms with Gasteiger partial charge in [0.1, 0.15) is 52.6 Å². The molecule has 65 heavy (non-hydrogen) atoms. The lowest BCUT2D eigenvalue weighted by Crippen LogP contribution is -2.29. The van der Waals surface area contributed by atoms with Crippen molar-refractivity contribution < 1.29 is 59.7 Å². The van der Waals surface area contributed by atoms with Crippen LogP contribution in [0.25, 0.3) is 44.8 Å². The lowest BCUT2D eigenvalue weighted by molar-refractivity contribution is -0.134. The molecule has 3 aromatic heterocycles. The number of aryl methyl sites for hydroxylation is 1. The minimum Gasteiger partial charge on any atom is -0.496 e. The third-order valence-corrected chi connectivity index (χ3v) is 10.2. The van der Waals surface area contributed by atoms with Crippen LogP contribution in [0.2, 0.25) is 0 Å². The van der Waals surface area contributed by atoms with Crippen LogP contribution in [0.4, 0.5) is 26.3 Å². The Hall–Kier alpha value is -7.49. The Morgan fingerprint density at radius 3 is 1.46 bits per heavy atom. The fourth-order valence-electron chi connectivity index (χ4n) is 6.84. The van der Waals surface area contributed by atoms with Gasteiger partial charge in [0.05, 0.1) is 74.7 Å². The lowest BCUT2D eigenvalue weighted by Gasteiger charge is -2.16. The maximum absolute atomic E-state index is 12.6. The van der Waals surface area contributed by atoms with Crippen LogP contribution in [0.3, 0.4) is 0 Å². The third-order valence-electron chi connectivity index (χ3n) is 10.2. The minimum atomic E-state index is -4.45. The van der Waals surface area contributed by atoms with Gasteiger partial charge in [-0.2, -0.15) is 26.3 Å². The molecule has 342 valence electrons. The van der Waals surface area contributed by atoms with Crippen LogP contribution in [0.5, 0.6) is 23.0 Å². The number of carbonyl (C=O) groups excluding carboxylic acids is 3. The number of benzene rings is 4. The average molecular weight is 910 g/mol. The number of hydrazine groups is 1.